The Hall–Kier alpha value is -0.910. The van der Waals surface area contributed by atoms with E-state index >= 15 is 0 Å². The van der Waals surface area contributed by atoms with Crippen LogP contribution in [0.4, 0.5) is 5.69 Å². The molecule has 0 spiro atoms. The number of nitrogens with one attached hydrogen (secondary N) is 1. The molecule has 0 fully saturated rings. The number of aliphatic hydroxyl groups excluding tert-OH is 1. The number of hydrogen-bond donors (Lipinski definition) is 2. The summed E-state index contributed by atoms with van der Waals surface area (Å²) in [6, 6.07) is 8.00. The van der Waals surface area contributed by atoms with Crippen molar-refractivity contribution in [2.75, 3.05) is 5.32 Å². The number of hydrogen-bond acceptors (Lipinski definition) is 3. The Labute approximate surface area is 140 Å². The van der Waals surface area contributed by atoms with E-state index in [2.05, 4.69) is 5.32 Å². The summed E-state index contributed by atoms with van der Waals surface area (Å²) >= 11 is 22.6. The quantitative estimate of drug-likeness (QED) is 0.789. The lowest BCUT2D eigenvalue weighted by atomic mass is 10.1. The van der Waals surface area contributed by atoms with Crippen LogP contribution in [0.15, 0.2) is 34.7 Å². The van der Waals surface area contributed by atoms with Gasteiger partial charge in [-0.1, -0.05) is 46.4 Å². The van der Waals surface area contributed by atoms with E-state index in [0.717, 1.165) is 0 Å². The number of rotatable bonds is 3. The molecule has 0 atom stereocenters. The average molecular weight is 369 g/mol. The highest BCUT2D eigenvalue weighted by molar-refractivity contribution is 6.76. The summed E-state index contributed by atoms with van der Waals surface area (Å²) in [5, 5.41) is 11.9. The number of aliphatic hydroxyl groups is 1. The fraction of sp³-hybridized carbons (Fsp3) is 0.154. The van der Waals surface area contributed by atoms with Crippen LogP contribution in [0.3, 0.4) is 0 Å². The summed E-state index contributed by atoms with van der Waals surface area (Å²) < 4.78 is 3.34. The van der Waals surface area contributed by atoms with Gasteiger partial charge in [-0.15, -0.1) is 0 Å². The summed E-state index contributed by atoms with van der Waals surface area (Å²) in [6.45, 7) is -0.221. The zero-order chi connectivity index (χ0) is 15.6. The first kappa shape index (κ1) is 16.5. The van der Waals surface area contributed by atoms with Crippen molar-refractivity contribution >= 4 is 58.0 Å². The predicted octanol–water partition coefficient (Wildman–Crippen LogP) is 4.40. The fourth-order valence-corrected chi connectivity index (χ4v) is 1.95. The van der Waals surface area contributed by atoms with Crippen LogP contribution in [0.25, 0.3) is 11.3 Å². The first-order valence-corrected chi connectivity index (χ1v) is 7.20. The number of benzene rings is 1. The van der Waals surface area contributed by atoms with Crippen molar-refractivity contribution in [1.29, 1.82) is 0 Å². The molecule has 8 heteroatoms. The molecule has 21 heavy (non-hydrogen) atoms. The van der Waals surface area contributed by atoms with Crippen molar-refractivity contribution in [3.8, 4) is 11.3 Å². The van der Waals surface area contributed by atoms with Gasteiger partial charge in [0, 0.05) is 11.3 Å². The minimum atomic E-state index is -2.06. The topological polar surface area (TPSA) is 62.5 Å². The first-order valence-electron chi connectivity index (χ1n) is 5.69. The molecule has 2 rings (SSSR count). The van der Waals surface area contributed by atoms with Crippen LogP contribution in [0.5, 0.6) is 0 Å². The van der Waals surface area contributed by atoms with E-state index in [4.69, 9.17) is 55.9 Å². The molecule has 0 bridgehead atoms. The SMILES string of the molecule is O=C(Nc1ccc(Cl)c(-c2ccc(CO)o2)c1)C(Cl)(Cl)Cl. The van der Waals surface area contributed by atoms with Crippen LogP contribution in [0.1, 0.15) is 5.76 Å². The molecule has 0 aliphatic carbocycles. The van der Waals surface area contributed by atoms with Crippen LogP contribution < -0.4 is 5.32 Å². The monoisotopic (exact) mass is 367 g/mol. The number of amides is 1. The molecule has 1 heterocycles. The largest absolute Gasteiger partial charge is 0.459 e. The maximum atomic E-state index is 11.6. The highest BCUT2D eigenvalue weighted by atomic mass is 35.6. The van der Waals surface area contributed by atoms with Crippen molar-refractivity contribution < 1.29 is 14.3 Å². The Bertz CT molecular complexity index is 664. The molecule has 1 aromatic carbocycles. The summed E-state index contributed by atoms with van der Waals surface area (Å²) in [5.74, 6) is 0.0714. The van der Waals surface area contributed by atoms with E-state index in [1.165, 1.54) is 0 Å². The normalized spacial score (nSPS) is 11.5. The average Bonchev–Trinajstić information content (AvgIpc) is 2.88. The van der Waals surface area contributed by atoms with Gasteiger partial charge in [-0.3, -0.25) is 4.79 Å². The second-order valence-electron chi connectivity index (χ2n) is 4.07. The molecule has 4 nitrogen and oxygen atoms in total. The molecule has 112 valence electrons. The van der Waals surface area contributed by atoms with Gasteiger partial charge in [-0.05, 0) is 30.3 Å². The van der Waals surface area contributed by atoms with Crippen molar-refractivity contribution in [2.24, 2.45) is 0 Å². The third-order valence-electron chi connectivity index (χ3n) is 2.56. The third-order valence-corrected chi connectivity index (χ3v) is 3.41. The molecule has 0 unspecified atom stereocenters. The number of anilines is 1. The molecule has 0 radical (unpaired) electrons. The van der Waals surface area contributed by atoms with E-state index in [9.17, 15) is 4.79 Å². The lowest BCUT2D eigenvalue weighted by Gasteiger charge is -2.12. The predicted molar refractivity (Wildman–Crippen MR) is 84.0 cm³/mol. The number of carbonyl (C=O) groups excluding carboxylic acids is 1. The van der Waals surface area contributed by atoms with Gasteiger partial charge in [0.25, 0.3) is 9.70 Å². The molecule has 1 aromatic heterocycles. The van der Waals surface area contributed by atoms with Gasteiger partial charge in [0.1, 0.15) is 18.1 Å². The van der Waals surface area contributed by atoms with E-state index < -0.39 is 9.70 Å². The molecule has 0 saturated heterocycles. The number of carbonyl (C=O) groups is 1. The molecular weight excluding hydrogens is 360 g/mol. The second kappa shape index (κ2) is 6.46. The van der Waals surface area contributed by atoms with E-state index in [1.807, 2.05) is 0 Å². The zero-order valence-electron chi connectivity index (χ0n) is 10.4. The fourth-order valence-electron chi connectivity index (χ4n) is 1.60. The zero-order valence-corrected chi connectivity index (χ0v) is 13.4. The van der Waals surface area contributed by atoms with Crippen molar-refractivity contribution in [1.82, 2.24) is 0 Å². The summed E-state index contributed by atoms with van der Waals surface area (Å²) in [5.41, 5.74) is 0.936. The molecule has 2 aromatic rings. The Morgan fingerprint density at radius 1 is 1.24 bits per heavy atom. The Morgan fingerprint density at radius 3 is 2.52 bits per heavy atom. The highest BCUT2D eigenvalue weighted by Crippen LogP contribution is 2.33. The van der Waals surface area contributed by atoms with Gasteiger partial charge in [-0.25, -0.2) is 0 Å². The number of alkyl halides is 3. The van der Waals surface area contributed by atoms with Gasteiger partial charge >= 0.3 is 0 Å². The smallest absolute Gasteiger partial charge is 0.276 e. The summed E-state index contributed by atoms with van der Waals surface area (Å²) in [4.78, 5) is 11.6. The summed E-state index contributed by atoms with van der Waals surface area (Å²) in [6.07, 6.45) is 0. The number of furan rings is 1. The standard InChI is InChI=1S/C13H9Cl4NO3/c14-10-3-1-7(18-12(20)13(15,16)17)5-9(10)11-4-2-8(6-19)21-11/h1-5,19H,6H2,(H,18,20). The van der Waals surface area contributed by atoms with Crippen molar-refractivity contribution in [2.45, 2.75) is 10.4 Å². The van der Waals surface area contributed by atoms with Gasteiger partial charge in [0.05, 0.1) is 5.02 Å². The number of halogens is 4. The van der Waals surface area contributed by atoms with E-state index in [0.29, 0.717) is 27.8 Å². The van der Waals surface area contributed by atoms with Gasteiger partial charge < -0.3 is 14.8 Å². The minimum Gasteiger partial charge on any atom is -0.459 e. The second-order valence-corrected chi connectivity index (χ2v) is 6.76. The van der Waals surface area contributed by atoms with Crippen LogP contribution in [0, 0.1) is 0 Å². The van der Waals surface area contributed by atoms with Crippen LogP contribution in [0.2, 0.25) is 5.02 Å². The molecule has 0 aliphatic heterocycles. The first-order chi connectivity index (χ1) is 9.81. The van der Waals surface area contributed by atoms with Gasteiger partial charge in [0.15, 0.2) is 0 Å². The lowest BCUT2D eigenvalue weighted by Crippen LogP contribution is -2.26. The van der Waals surface area contributed by atoms with Crippen molar-refractivity contribution in [3.63, 3.8) is 0 Å². The molecule has 0 saturated carbocycles. The molecular formula is C13H9Cl4NO3. The Balaban J connectivity index is 2.31. The molecule has 0 aliphatic rings. The highest BCUT2D eigenvalue weighted by Gasteiger charge is 2.30. The van der Waals surface area contributed by atoms with Crippen LogP contribution in [-0.2, 0) is 11.4 Å². The van der Waals surface area contributed by atoms with E-state index in [-0.39, 0.29) is 6.61 Å². The molecule has 1 amide bonds. The molecule has 2 N–H and O–H groups in total. The van der Waals surface area contributed by atoms with Crippen LogP contribution >= 0.6 is 46.4 Å². The van der Waals surface area contributed by atoms with E-state index in [1.54, 1.807) is 30.3 Å². The van der Waals surface area contributed by atoms with Gasteiger partial charge in [-0.2, -0.15) is 0 Å². The maximum absolute atomic E-state index is 11.6. The minimum absolute atomic E-state index is 0.221. The lowest BCUT2D eigenvalue weighted by molar-refractivity contribution is -0.115. The third kappa shape index (κ3) is 4.05. The van der Waals surface area contributed by atoms with Gasteiger partial charge in [0.2, 0.25) is 0 Å². The Kier molecular flexibility index (Phi) is 5.07. The van der Waals surface area contributed by atoms with Crippen molar-refractivity contribution in [3.05, 3.63) is 41.1 Å². The van der Waals surface area contributed by atoms with Crippen LogP contribution in [-0.4, -0.2) is 14.8 Å². The maximum Gasteiger partial charge on any atom is 0.276 e. The summed E-state index contributed by atoms with van der Waals surface area (Å²) in [7, 11) is 0. The Morgan fingerprint density at radius 2 is 1.95 bits per heavy atom.